The van der Waals surface area contributed by atoms with E-state index in [-0.39, 0.29) is 19.5 Å². The topological polar surface area (TPSA) is 20.3 Å². The second kappa shape index (κ2) is 4.37. The summed E-state index contributed by atoms with van der Waals surface area (Å²) in [6.07, 6.45) is -4.56. The third kappa shape index (κ3) is 3.07. The van der Waals surface area contributed by atoms with E-state index in [1.165, 1.54) is 6.92 Å². The van der Waals surface area contributed by atoms with E-state index in [1.54, 1.807) is 0 Å². The molecule has 0 aromatic carbocycles. The molecule has 1 aliphatic heterocycles. The first-order chi connectivity index (χ1) is 6.84. The predicted molar refractivity (Wildman–Crippen MR) is 45.9 cm³/mol. The van der Waals surface area contributed by atoms with E-state index in [9.17, 15) is 22.4 Å². The van der Waals surface area contributed by atoms with E-state index in [4.69, 9.17) is 0 Å². The molecule has 1 saturated heterocycles. The number of hydrogen-bond acceptors (Lipinski definition) is 1. The molecule has 0 aliphatic carbocycles. The molecule has 0 radical (unpaired) electrons. The molecule has 1 heterocycles. The zero-order valence-corrected chi connectivity index (χ0v) is 8.35. The molecule has 2 unspecified atom stereocenters. The van der Waals surface area contributed by atoms with E-state index in [1.807, 2.05) is 0 Å². The lowest BCUT2D eigenvalue weighted by molar-refractivity contribution is -0.193. The van der Waals surface area contributed by atoms with E-state index < -0.39 is 30.6 Å². The van der Waals surface area contributed by atoms with Crippen molar-refractivity contribution in [2.24, 2.45) is 11.8 Å². The fourth-order valence-corrected chi connectivity index (χ4v) is 1.81. The Labute approximate surface area is 85.2 Å². The van der Waals surface area contributed by atoms with Gasteiger partial charge in [0.25, 0.3) is 0 Å². The number of nitrogens with zero attached hydrogens (tertiary/aromatic N) is 1. The van der Waals surface area contributed by atoms with E-state index in [2.05, 4.69) is 0 Å². The normalized spacial score (nSPS) is 27.9. The Morgan fingerprint density at radius 1 is 1.40 bits per heavy atom. The second-order valence-corrected chi connectivity index (χ2v) is 3.92. The van der Waals surface area contributed by atoms with Crippen molar-refractivity contribution in [2.45, 2.75) is 19.5 Å². The summed E-state index contributed by atoms with van der Waals surface area (Å²) in [5.74, 6) is -2.70. The molecule has 6 heteroatoms. The van der Waals surface area contributed by atoms with Crippen LogP contribution in [0.5, 0.6) is 0 Å². The highest BCUT2D eigenvalue weighted by Crippen LogP contribution is 2.35. The summed E-state index contributed by atoms with van der Waals surface area (Å²) >= 11 is 0. The SMILES string of the molecule is CC(=O)N1CC(CF)CC(C(F)(F)F)C1. The van der Waals surface area contributed by atoms with Crippen molar-refractivity contribution in [3.05, 3.63) is 0 Å². The van der Waals surface area contributed by atoms with Gasteiger partial charge in [-0.05, 0) is 6.42 Å². The van der Waals surface area contributed by atoms with Crippen LogP contribution in [0.1, 0.15) is 13.3 Å². The molecule has 15 heavy (non-hydrogen) atoms. The maximum Gasteiger partial charge on any atom is 0.393 e. The molecule has 1 fully saturated rings. The molecule has 0 N–H and O–H groups in total. The quantitative estimate of drug-likeness (QED) is 0.627. The first-order valence-corrected chi connectivity index (χ1v) is 4.72. The molecule has 2 nitrogen and oxygen atoms in total. The highest BCUT2D eigenvalue weighted by molar-refractivity contribution is 5.73. The summed E-state index contributed by atoms with van der Waals surface area (Å²) in [5.41, 5.74) is 0. The number of carbonyl (C=O) groups is 1. The van der Waals surface area contributed by atoms with Crippen LogP contribution in [0.2, 0.25) is 0 Å². The van der Waals surface area contributed by atoms with Crippen LogP contribution in [0.3, 0.4) is 0 Å². The fourth-order valence-electron chi connectivity index (χ4n) is 1.81. The summed E-state index contributed by atoms with van der Waals surface area (Å²) < 4.78 is 49.7. The van der Waals surface area contributed by atoms with Gasteiger partial charge in [0.1, 0.15) is 0 Å². The lowest BCUT2D eigenvalue weighted by Crippen LogP contribution is -2.47. The Kier molecular flexibility index (Phi) is 3.57. The third-order valence-corrected chi connectivity index (χ3v) is 2.66. The Hall–Kier alpha value is -0.810. The van der Waals surface area contributed by atoms with Gasteiger partial charge in [-0.2, -0.15) is 13.2 Å². The molecular weight excluding hydrogens is 214 g/mol. The molecule has 88 valence electrons. The van der Waals surface area contributed by atoms with Crippen LogP contribution in [-0.2, 0) is 4.79 Å². The standard InChI is InChI=1S/C9H13F4NO/c1-6(15)14-4-7(3-10)2-8(5-14)9(11,12)13/h7-8H,2-5H2,1H3. The van der Waals surface area contributed by atoms with Gasteiger partial charge in [0.05, 0.1) is 12.6 Å². The minimum atomic E-state index is -4.35. The van der Waals surface area contributed by atoms with Gasteiger partial charge in [-0.1, -0.05) is 0 Å². The largest absolute Gasteiger partial charge is 0.393 e. The molecule has 1 rings (SSSR count). The van der Waals surface area contributed by atoms with Crippen LogP contribution in [-0.4, -0.2) is 36.7 Å². The van der Waals surface area contributed by atoms with Gasteiger partial charge >= 0.3 is 6.18 Å². The first-order valence-electron chi connectivity index (χ1n) is 4.72. The van der Waals surface area contributed by atoms with Crippen molar-refractivity contribution in [3.63, 3.8) is 0 Å². The number of halogens is 4. The van der Waals surface area contributed by atoms with Crippen LogP contribution in [0.4, 0.5) is 17.6 Å². The van der Waals surface area contributed by atoms with Crippen LogP contribution >= 0.6 is 0 Å². The lowest BCUT2D eigenvalue weighted by atomic mass is 9.89. The number of piperidine rings is 1. The first kappa shape index (κ1) is 12.3. The summed E-state index contributed by atoms with van der Waals surface area (Å²) in [6, 6.07) is 0. The monoisotopic (exact) mass is 227 g/mol. The predicted octanol–water partition coefficient (Wildman–Crippen LogP) is 2.00. The van der Waals surface area contributed by atoms with Crippen molar-refractivity contribution in [3.8, 4) is 0 Å². The van der Waals surface area contributed by atoms with Crippen molar-refractivity contribution in [1.29, 1.82) is 0 Å². The maximum atomic E-state index is 12.4. The molecule has 0 saturated carbocycles. The number of alkyl halides is 4. The van der Waals surface area contributed by atoms with Crippen molar-refractivity contribution < 1.29 is 22.4 Å². The molecular formula is C9H13F4NO. The molecule has 1 aliphatic rings. The van der Waals surface area contributed by atoms with Gasteiger partial charge in [0, 0.05) is 25.9 Å². The average molecular weight is 227 g/mol. The van der Waals surface area contributed by atoms with E-state index >= 15 is 0 Å². The summed E-state index contributed by atoms with van der Waals surface area (Å²) in [6.45, 7) is 0.151. The van der Waals surface area contributed by atoms with Gasteiger partial charge in [-0.15, -0.1) is 0 Å². The van der Waals surface area contributed by atoms with Gasteiger partial charge in [0.15, 0.2) is 0 Å². The number of carbonyl (C=O) groups excluding carboxylic acids is 1. The van der Waals surface area contributed by atoms with Crippen LogP contribution < -0.4 is 0 Å². The number of amides is 1. The summed E-state index contributed by atoms with van der Waals surface area (Å²) in [4.78, 5) is 12.0. The van der Waals surface area contributed by atoms with E-state index in [0.29, 0.717) is 0 Å². The molecule has 2 atom stereocenters. The summed E-state index contributed by atoms with van der Waals surface area (Å²) in [5, 5.41) is 0. The lowest BCUT2D eigenvalue weighted by Gasteiger charge is -2.37. The molecule has 0 aromatic heterocycles. The molecule has 0 bridgehead atoms. The third-order valence-electron chi connectivity index (χ3n) is 2.66. The minimum Gasteiger partial charge on any atom is -0.342 e. The average Bonchev–Trinajstić information content (AvgIpc) is 2.15. The molecule has 0 aromatic rings. The smallest absolute Gasteiger partial charge is 0.342 e. The fraction of sp³-hybridized carbons (Fsp3) is 0.889. The number of hydrogen-bond donors (Lipinski definition) is 0. The van der Waals surface area contributed by atoms with Crippen LogP contribution in [0, 0.1) is 11.8 Å². The molecule has 0 spiro atoms. The van der Waals surface area contributed by atoms with Crippen molar-refractivity contribution in [1.82, 2.24) is 4.90 Å². The zero-order valence-electron chi connectivity index (χ0n) is 8.35. The van der Waals surface area contributed by atoms with Crippen LogP contribution in [0.25, 0.3) is 0 Å². The highest BCUT2D eigenvalue weighted by Gasteiger charge is 2.44. The Balaban J connectivity index is 2.71. The van der Waals surface area contributed by atoms with Gasteiger partial charge in [-0.3, -0.25) is 9.18 Å². The van der Waals surface area contributed by atoms with Gasteiger partial charge < -0.3 is 4.90 Å². The Morgan fingerprint density at radius 3 is 2.40 bits per heavy atom. The highest BCUT2D eigenvalue weighted by atomic mass is 19.4. The van der Waals surface area contributed by atoms with E-state index in [0.717, 1.165) is 4.90 Å². The van der Waals surface area contributed by atoms with Crippen molar-refractivity contribution in [2.75, 3.05) is 19.8 Å². The van der Waals surface area contributed by atoms with Crippen molar-refractivity contribution >= 4 is 5.91 Å². The summed E-state index contributed by atoms with van der Waals surface area (Å²) in [7, 11) is 0. The number of likely N-dealkylation sites (tertiary alicyclic amines) is 1. The Morgan fingerprint density at radius 2 is 2.00 bits per heavy atom. The minimum absolute atomic E-state index is 0.0956. The zero-order chi connectivity index (χ0) is 11.6. The number of rotatable bonds is 1. The second-order valence-electron chi connectivity index (χ2n) is 3.92. The van der Waals surface area contributed by atoms with Gasteiger partial charge in [0.2, 0.25) is 5.91 Å². The van der Waals surface area contributed by atoms with Gasteiger partial charge in [-0.25, -0.2) is 0 Å². The Bertz CT molecular complexity index is 241. The molecule has 1 amide bonds. The maximum absolute atomic E-state index is 12.4. The van der Waals surface area contributed by atoms with Crippen LogP contribution in [0.15, 0.2) is 0 Å².